The summed E-state index contributed by atoms with van der Waals surface area (Å²) >= 11 is 0. The maximum absolute atomic E-state index is 5.54. The Morgan fingerprint density at radius 3 is 2.89 bits per heavy atom. The van der Waals surface area contributed by atoms with Crippen molar-refractivity contribution in [2.75, 3.05) is 0 Å². The maximum atomic E-state index is 5.54. The van der Waals surface area contributed by atoms with Gasteiger partial charge in [-0.15, -0.1) is 0 Å². The molecular weight excluding hydrogens is 112 g/mol. The third-order valence-electron chi connectivity index (χ3n) is 1.12. The third kappa shape index (κ3) is 1.74. The lowest BCUT2D eigenvalue weighted by atomic mass is 10.3. The molecule has 0 aromatic rings. The number of nitrogens with two attached hydrogens (primary N) is 2. The monoisotopic (exact) mass is 122 g/mol. The van der Waals surface area contributed by atoms with Crippen molar-refractivity contribution in [1.29, 1.82) is 0 Å². The highest BCUT2D eigenvalue weighted by Crippen LogP contribution is 1.97. The van der Waals surface area contributed by atoms with Gasteiger partial charge in [0, 0.05) is 11.7 Å². The number of rotatable bonds is 0. The van der Waals surface area contributed by atoms with Gasteiger partial charge in [0.05, 0.1) is 0 Å². The van der Waals surface area contributed by atoms with Crippen LogP contribution in [0.5, 0.6) is 0 Å². The van der Waals surface area contributed by atoms with E-state index in [1.807, 2.05) is 24.3 Å². The molecule has 0 saturated carbocycles. The summed E-state index contributed by atoms with van der Waals surface area (Å²) < 4.78 is 0. The van der Waals surface area contributed by atoms with Crippen LogP contribution in [0.15, 0.2) is 36.1 Å². The highest BCUT2D eigenvalue weighted by atomic mass is 14.6. The molecule has 0 aromatic heterocycles. The minimum atomic E-state index is -0.0278. The molecule has 2 nitrogen and oxygen atoms in total. The molecule has 0 fully saturated rings. The first-order chi connectivity index (χ1) is 4.29. The van der Waals surface area contributed by atoms with Crippen molar-refractivity contribution in [3.05, 3.63) is 36.1 Å². The number of hydrogen-bond acceptors (Lipinski definition) is 2. The summed E-state index contributed by atoms with van der Waals surface area (Å²) in [5.41, 5.74) is 11.8. The van der Waals surface area contributed by atoms with Crippen molar-refractivity contribution in [2.45, 2.75) is 6.04 Å². The highest BCUT2D eigenvalue weighted by molar-refractivity contribution is 5.27. The second-order valence-electron chi connectivity index (χ2n) is 1.99. The molecular formula is C7H10N2. The Bertz CT molecular complexity index is 177. The predicted molar refractivity (Wildman–Crippen MR) is 38.5 cm³/mol. The Labute approximate surface area is 54.5 Å². The molecule has 0 aliphatic heterocycles. The second kappa shape index (κ2) is 2.51. The van der Waals surface area contributed by atoms with Crippen molar-refractivity contribution in [2.24, 2.45) is 11.5 Å². The summed E-state index contributed by atoms with van der Waals surface area (Å²) in [6.07, 6.45) is 9.28. The van der Waals surface area contributed by atoms with E-state index in [0.29, 0.717) is 0 Å². The molecule has 1 aliphatic rings. The zero-order valence-electron chi connectivity index (χ0n) is 5.12. The average Bonchev–Trinajstić information content (AvgIpc) is 1.93. The van der Waals surface area contributed by atoms with Gasteiger partial charge in [-0.25, -0.2) is 0 Å². The molecule has 0 bridgehead atoms. The lowest BCUT2D eigenvalue weighted by Crippen LogP contribution is -2.14. The lowest BCUT2D eigenvalue weighted by Gasteiger charge is -1.95. The van der Waals surface area contributed by atoms with Crippen LogP contribution in [-0.2, 0) is 0 Å². The smallest absolute Gasteiger partial charge is 0.0436 e. The Kier molecular flexibility index (Phi) is 1.70. The summed E-state index contributed by atoms with van der Waals surface area (Å²) in [6, 6.07) is -0.0278. The molecule has 1 aliphatic carbocycles. The molecule has 4 N–H and O–H groups in total. The highest BCUT2D eigenvalue weighted by Gasteiger charge is 1.93. The van der Waals surface area contributed by atoms with Crippen LogP contribution in [0.4, 0.5) is 0 Å². The van der Waals surface area contributed by atoms with Crippen molar-refractivity contribution in [3.63, 3.8) is 0 Å². The van der Waals surface area contributed by atoms with Gasteiger partial charge in [0.2, 0.25) is 0 Å². The summed E-state index contributed by atoms with van der Waals surface area (Å²) in [5, 5.41) is 0. The number of allylic oxidation sites excluding steroid dienone is 3. The molecule has 0 heterocycles. The molecule has 1 unspecified atom stereocenters. The minimum Gasteiger partial charge on any atom is -0.399 e. The number of hydrogen-bond donors (Lipinski definition) is 2. The van der Waals surface area contributed by atoms with Crippen LogP contribution >= 0.6 is 0 Å². The molecule has 0 radical (unpaired) electrons. The van der Waals surface area contributed by atoms with Crippen LogP contribution in [-0.4, -0.2) is 6.04 Å². The van der Waals surface area contributed by atoms with Crippen molar-refractivity contribution in [1.82, 2.24) is 0 Å². The standard InChI is InChI=1S/C7H10N2/c8-6-3-1-2-4-7(9)5-6/h1-6H,8-9H2. The van der Waals surface area contributed by atoms with Crippen LogP contribution in [0.3, 0.4) is 0 Å². The minimum absolute atomic E-state index is 0.0278. The van der Waals surface area contributed by atoms with Gasteiger partial charge in [-0.2, -0.15) is 0 Å². The SMILES string of the molecule is NC1=CC(N)C=CC=C1. The quantitative estimate of drug-likeness (QED) is 0.485. The fraction of sp³-hybridized carbons (Fsp3) is 0.143. The van der Waals surface area contributed by atoms with Gasteiger partial charge in [-0.3, -0.25) is 0 Å². The molecule has 1 rings (SSSR count). The third-order valence-corrected chi connectivity index (χ3v) is 1.12. The van der Waals surface area contributed by atoms with Crippen LogP contribution in [0.2, 0.25) is 0 Å². The van der Waals surface area contributed by atoms with E-state index in [9.17, 15) is 0 Å². The van der Waals surface area contributed by atoms with Crippen LogP contribution in [0, 0.1) is 0 Å². The summed E-state index contributed by atoms with van der Waals surface area (Å²) in [6.45, 7) is 0. The van der Waals surface area contributed by atoms with E-state index in [4.69, 9.17) is 11.5 Å². The van der Waals surface area contributed by atoms with E-state index in [0.717, 1.165) is 5.70 Å². The van der Waals surface area contributed by atoms with Gasteiger partial charge in [0.15, 0.2) is 0 Å². The van der Waals surface area contributed by atoms with E-state index in [-0.39, 0.29) is 6.04 Å². The molecule has 0 amide bonds. The molecule has 1 atom stereocenters. The molecule has 9 heavy (non-hydrogen) atoms. The van der Waals surface area contributed by atoms with Gasteiger partial charge < -0.3 is 11.5 Å². The van der Waals surface area contributed by atoms with Gasteiger partial charge in [-0.05, 0) is 12.2 Å². The summed E-state index contributed by atoms with van der Waals surface area (Å²) in [4.78, 5) is 0. The van der Waals surface area contributed by atoms with Gasteiger partial charge in [0.1, 0.15) is 0 Å². The van der Waals surface area contributed by atoms with Crippen LogP contribution < -0.4 is 11.5 Å². The van der Waals surface area contributed by atoms with Gasteiger partial charge in [-0.1, -0.05) is 18.2 Å². The van der Waals surface area contributed by atoms with Crippen molar-refractivity contribution < 1.29 is 0 Å². The second-order valence-corrected chi connectivity index (χ2v) is 1.99. The van der Waals surface area contributed by atoms with Gasteiger partial charge >= 0.3 is 0 Å². The van der Waals surface area contributed by atoms with Crippen molar-refractivity contribution >= 4 is 0 Å². The van der Waals surface area contributed by atoms with E-state index in [2.05, 4.69) is 0 Å². The zero-order chi connectivity index (χ0) is 6.69. The molecule has 48 valence electrons. The normalized spacial score (nSPS) is 25.4. The predicted octanol–water partition coefficient (Wildman–Crippen LogP) is 0.282. The fourth-order valence-electron chi connectivity index (χ4n) is 0.692. The fourth-order valence-corrected chi connectivity index (χ4v) is 0.692. The molecule has 0 saturated heterocycles. The van der Waals surface area contributed by atoms with E-state index in [1.54, 1.807) is 6.08 Å². The summed E-state index contributed by atoms with van der Waals surface area (Å²) in [7, 11) is 0. The largest absolute Gasteiger partial charge is 0.399 e. The van der Waals surface area contributed by atoms with E-state index in [1.165, 1.54) is 0 Å². The van der Waals surface area contributed by atoms with E-state index < -0.39 is 0 Å². The van der Waals surface area contributed by atoms with Gasteiger partial charge in [0.25, 0.3) is 0 Å². The van der Waals surface area contributed by atoms with Crippen molar-refractivity contribution in [3.8, 4) is 0 Å². The Hall–Kier alpha value is -1.02. The molecule has 0 spiro atoms. The zero-order valence-corrected chi connectivity index (χ0v) is 5.12. The van der Waals surface area contributed by atoms with E-state index >= 15 is 0 Å². The lowest BCUT2D eigenvalue weighted by molar-refractivity contribution is 1.02. The molecule has 0 aromatic carbocycles. The first kappa shape index (κ1) is 6.11. The topological polar surface area (TPSA) is 52.0 Å². The average molecular weight is 122 g/mol. The Morgan fingerprint density at radius 2 is 2.11 bits per heavy atom. The summed E-state index contributed by atoms with van der Waals surface area (Å²) in [5.74, 6) is 0. The molecule has 2 heteroatoms. The van der Waals surface area contributed by atoms with Crippen LogP contribution in [0.1, 0.15) is 0 Å². The Morgan fingerprint density at radius 1 is 1.33 bits per heavy atom. The van der Waals surface area contributed by atoms with Crippen LogP contribution in [0.25, 0.3) is 0 Å². The maximum Gasteiger partial charge on any atom is 0.0436 e. The first-order valence-electron chi connectivity index (χ1n) is 2.87. The Balaban J connectivity index is 2.77. The first-order valence-corrected chi connectivity index (χ1v) is 2.87.